The third-order valence-electron chi connectivity index (χ3n) is 5.01. The van der Waals surface area contributed by atoms with Gasteiger partial charge in [-0.25, -0.2) is 15.4 Å². The highest BCUT2D eigenvalue weighted by molar-refractivity contribution is 7.98. The molecule has 1 saturated carbocycles. The van der Waals surface area contributed by atoms with Crippen LogP contribution in [0, 0.1) is 25.7 Å². The quantitative estimate of drug-likeness (QED) is 0.369. The van der Waals surface area contributed by atoms with E-state index in [4.69, 9.17) is 0 Å². The van der Waals surface area contributed by atoms with Crippen LogP contribution >= 0.6 is 11.8 Å². The van der Waals surface area contributed by atoms with Crippen molar-refractivity contribution < 1.29 is 4.79 Å². The van der Waals surface area contributed by atoms with Crippen LogP contribution in [-0.4, -0.2) is 21.6 Å². The van der Waals surface area contributed by atoms with Gasteiger partial charge in [-0.15, -0.1) is 0 Å². The Hall–Kier alpha value is -2.47. The topological polar surface area (TPSA) is 67.2 Å². The van der Waals surface area contributed by atoms with Gasteiger partial charge in [-0.3, -0.25) is 4.79 Å². The van der Waals surface area contributed by atoms with E-state index in [9.17, 15) is 4.79 Å². The first kappa shape index (κ1) is 17.9. The second-order valence-corrected chi connectivity index (χ2v) is 8.04. The number of fused-ring (bicyclic) bond motifs is 1. The number of rotatable bonds is 5. The molecule has 6 heteroatoms. The zero-order valence-corrected chi connectivity index (χ0v) is 16.3. The minimum Gasteiger partial charge on any atom is -0.267 e. The van der Waals surface area contributed by atoms with Crippen molar-refractivity contribution in [1.82, 2.24) is 15.4 Å². The minimum absolute atomic E-state index is 0.159. The van der Waals surface area contributed by atoms with Crippen molar-refractivity contribution in [3.63, 3.8) is 0 Å². The molecule has 0 spiro atoms. The zero-order valence-electron chi connectivity index (χ0n) is 15.5. The number of aryl methyl sites for hydroxylation is 2. The Balaban J connectivity index is 1.31. The van der Waals surface area contributed by atoms with Crippen molar-refractivity contribution in [1.29, 1.82) is 0 Å². The van der Waals surface area contributed by atoms with Gasteiger partial charge in [0.25, 0.3) is 5.91 Å². The number of nitrogens with one attached hydrogen (secondary N) is 1. The molecule has 5 nitrogen and oxygen atoms in total. The van der Waals surface area contributed by atoms with Gasteiger partial charge in [0.1, 0.15) is 0 Å². The SMILES string of the molecule is Cc1cc(C)nc(SCc2ccc(C(=O)N/N=C3\CC4C=CCC34)cc2)n1. The van der Waals surface area contributed by atoms with E-state index in [1.54, 1.807) is 11.8 Å². The third-order valence-corrected chi connectivity index (χ3v) is 5.93. The molecule has 138 valence electrons. The molecule has 0 aliphatic heterocycles. The number of carbonyl (C=O) groups is 1. The first-order valence-corrected chi connectivity index (χ1v) is 10.1. The molecule has 1 fully saturated rings. The molecule has 1 aromatic heterocycles. The predicted molar refractivity (Wildman–Crippen MR) is 108 cm³/mol. The largest absolute Gasteiger partial charge is 0.271 e. The number of aromatic nitrogens is 2. The molecule has 1 N–H and O–H groups in total. The molecule has 0 radical (unpaired) electrons. The molecule has 27 heavy (non-hydrogen) atoms. The molecular formula is C21H22N4OS. The average Bonchev–Trinajstić information content (AvgIpc) is 3.00. The third kappa shape index (κ3) is 4.11. The van der Waals surface area contributed by atoms with Crippen LogP contribution in [0.25, 0.3) is 0 Å². The first-order chi connectivity index (χ1) is 13.1. The molecule has 2 unspecified atom stereocenters. The summed E-state index contributed by atoms with van der Waals surface area (Å²) in [6.45, 7) is 3.95. The lowest BCUT2D eigenvalue weighted by Gasteiger charge is -2.31. The summed E-state index contributed by atoms with van der Waals surface area (Å²) >= 11 is 1.60. The number of hydrazone groups is 1. The van der Waals surface area contributed by atoms with E-state index in [1.807, 2.05) is 44.2 Å². The van der Waals surface area contributed by atoms with Gasteiger partial charge in [-0.1, -0.05) is 36.0 Å². The maximum atomic E-state index is 12.3. The molecule has 1 amide bonds. The summed E-state index contributed by atoms with van der Waals surface area (Å²) in [4.78, 5) is 21.2. The van der Waals surface area contributed by atoms with E-state index in [0.717, 1.165) is 46.4 Å². The molecule has 2 aliphatic rings. The van der Waals surface area contributed by atoms with E-state index in [-0.39, 0.29) is 5.91 Å². The van der Waals surface area contributed by atoms with E-state index < -0.39 is 0 Å². The van der Waals surface area contributed by atoms with Crippen LogP contribution in [0.4, 0.5) is 0 Å². The number of hydrogen-bond acceptors (Lipinski definition) is 5. The van der Waals surface area contributed by atoms with Crippen LogP contribution < -0.4 is 5.43 Å². The lowest BCUT2D eigenvalue weighted by Crippen LogP contribution is -2.35. The lowest BCUT2D eigenvalue weighted by molar-refractivity contribution is 0.0954. The number of amides is 1. The summed E-state index contributed by atoms with van der Waals surface area (Å²) in [5, 5.41) is 5.10. The Morgan fingerprint density at radius 2 is 1.96 bits per heavy atom. The second kappa shape index (κ2) is 7.64. The number of carbonyl (C=O) groups excluding carboxylic acids is 1. The van der Waals surface area contributed by atoms with Gasteiger partial charge >= 0.3 is 0 Å². The summed E-state index contributed by atoms with van der Waals surface area (Å²) in [5.74, 6) is 1.76. The Labute approximate surface area is 163 Å². The van der Waals surface area contributed by atoms with Crippen LogP contribution in [0.3, 0.4) is 0 Å². The molecule has 1 aromatic carbocycles. The van der Waals surface area contributed by atoms with Crippen LogP contribution in [-0.2, 0) is 5.75 Å². The minimum atomic E-state index is -0.159. The molecule has 2 aromatic rings. The maximum Gasteiger partial charge on any atom is 0.271 e. The normalized spacial score (nSPS) is 21.8. The molecular weight excluding hydrogens is 356 g/mol. The highest BCUT2D eigenvalue weighted by Crippen LogP contribution is 2.40. The fourth-order valence-electron chi connectivity index (χ4n) is 3.51. The predicted octanol–water partition coefficient (Wildman–Crippen LogP) is 4.07. The van der Waals surface area contributed by atoms with Crippen molar-refractivity contribution in [2.45, 2.75) is 37.6 Å². The summed E-state index contributed by atoms with van der Waals surface area (Å²) in [7, 11) is 0. The Morgan fingerprint density at radius 3 is 2.67 bits per heavy atom. The zero-order chi connectivity index (χ0) is 18.8. The van der Waals surface area contributed by atoms with E-state index in [2.05, 4.69) is 32.6 Å². The molecule has 4 rings (SSSR count). The van der Waals surface area contributed by atoms with Gasteiger partial charge in [0, 0.05) is 34.3 Å². The van der Waals surface area contributed by atoms with E-state index >= 15 is 0 Å². The number of hydrogen-bond donors (Lipinski definition) is 1. The lowest BCUT2D eigenvalue weighted by atomic mass is 9.74. The van der Waals surface area contributed by atoms with Gasteiger partial charge < -0.3 is 0 Å². The molecule has 2 atom stereocenters. The Kier molecular flexibility index (Phi) is 5.07. The van der Waals surface area contributed by atoms with Crippen LogP contribution in [0.5, 0.6) is 0 Å². The van der Waals surface area contributed by atoms with Gasteiger partial charge in [-0.2, -0.15) is 5.10 Å². The van der Waals surface area contributed by atoms with E-state index in [1.165, 1.54) is 0 Å². The van der Waals surface area contributed by atoms with Crippen LogP contribution in [0.1, 0.15) is 40.2 Å². The second-order valence-electron chi connectivity index (χ2n) is 7.10. The Morgan fingerprint density at radius 1 is 1.22 bits per heavy atom. The summed E-state index contributed by atoms with van der Waals surface area (Å²) in [6, 6.07) is 9.59. The standard InChI is InChI=1S/C21H22N4OS/c1-13-10-14(2)23-21(22-13)27-12-15-6-8-16(9-7-15)20(26)25-24-19-11-17-4-3-5-18(17)19/h3-4,6-10,17-18H,5,11-12H2,1-2H3,(H,25,26)/b24-19+. The summed E-state index contributed by atoms with van der Waals surface area (Å²) < 4.78 is 0. The molecule has 1 heterocycles. The van der Waals surface area contributed by atoms with Gasteiger partial charge in [0.05, 0.1) is 0 Å². The smallest absolute Gasteiger partial charge is 0.267 e. The first-order valence-electron chi connectivity index (χ1n) is 9.16. The highest BCUT2D eigenvalue weighted by Gasteiger charge is 2.38. The Bertz CT molecular complexity index is 900. The molecule has 2 aliphatic carbocycles. The summed E-state index contributed by atoms with van der Waals surface area (Å²) in [6.07, 6.45) is 6.49. The van der Waals surface area contributed by atoms with Crippen molar-refractivity contribution in [3.8, 4) is 0 Å². The van der Waals surface area contributed by atoms with Gasteiger partial charge in [0.15, 0.2) is 5.16 Å². The van der Waals surface area contributed by atoms with Gasteiger partial charge in [0.2, 0.25) is 0 Å². The number of thioether (sulfide) groups is 1. The molecule has 0 bridgehead atoms. The number of allylic oxidation sites excluding steroid dienone is 2. The fraction of sp³-hybridized carbons (Fsp3) is 0.333. The monoisotopic (exact) mass is 378 g/mol. The van der Waals surface area contributed by atoms with Crippen LogP contribution in [0.2, 0.25) is 0 Å². The van der Waals surface area contributed by atoms with Crippen molar-refractivity contribution in [2.75, 3.05) is 0 Å². The highest BCUT2D eigenvalue weighted by atomic mass is 32.2. The number of nitrogens with zero attached hydrogens (tertiary/aromatic N) is 3. The van der Waals surface area contributed by atoms with E-state index in [0.29, 0.717) is 17.4 Å². The average molecular weight is 379 g/mol. The summed E-state index contributed by atoms with van der Waals surface area (Å²) in [5.41, 5.74) is 7.51. The van der Waals surface area contributed by atoms with Crippen LogP contribution in [0.15, 0.2) is 52.7 Å². The van der Waals surface area contributed by atoms with Crippen molar-refractivity contribution in [2.24, 2.45) is 16.9 Å². The van der Waals surface area contributed by atoms with Crippen molar-refractivity contribution in [3.05, 3.63) is 65.0 Å². The fourth-order valence-corrected chi connectivity index (χ4v) is 4.41. The molecule has 0 saturated heterocycles. The van der Waals surface area contributed by atoms with Crippen molar-refractivity contribution >= 4 is 23.4 Å². The number of benzene rings is 1. The van der Waals surface area contributed by atoms with Gasteiger partial charge in [-0.05, 0) is 56.4 Å². The maximum absolute atomic E-state index is 12.3.